The highest BCUT2D eigenvalue weighted by Gasteiger charge is 2.13. The van der Waals surface area contributed by atoms with Crippen LogP contribution in [0.5, 0.6) is 5.75 Å². The van der Waals surface area contributed by atoms with Crippen molar-refractivity contribution in [2.75, 3.05) is 26.8 Å². The quantitative estimate of drug-likeness (QED) is 0.346. The molecule has 2 heterocycles. The van der Waals surface area contributed by atoms with Gasteiger partial charge < -0.3 is 29.9 Å². The number of H-pyrrole nitrogens is 1. The minimum absolute atomic E-state index is 0.0701. The summed E-state index contributed by atoms with van der Waals surface area (Å²) in [6, 6.07) is 22.3. The van der Waals surface area contributed by atoms with E-state index in [0.29, 0.717) is 12.4 Å². The number of rotatable bonds is 6. The number of epoxide rings is 1. The third kappa shape index (κ3) is 16.1. The molecule has 1 aliphatic heterocycles. The number of pyridine rings is 1. The van der Waals surface area contributed by atoms with E-state index in [1.807, 2.05) is 42.5 Å². The fourth-order valence-corrected chi connectivity index (χ4v) is 2.36. The van der Waals surface area contributed by atoms with Gasteiger partial charge in [-0.15, -0.1) is 0 Å². The van der Waals surface area contributed by atoms with Crippen LogP contribution in [0, 0.1) is 13.8 Å². The Hall–Kier alpha value is -4.24. The van der Waals surface area contributed by atoms with Gasteiger partial charge in [0.1, 0.15) is 17.7 Å². The fraction of sp³-hybridized carbons (Fsp3) is 0.286. The first kappa shape index (κ1) is 30.8. The van der Waals surface area contributed by atoms with Gasteiger partial charge >= 0.3 is 0 Å². The van der Waals surface area contributed by atoms with Gasteiger partial charge in [0.05, 0.1) is 32.9 Å². The molecule has 0 aliphatic carbocycles. The molecule has 3 aromatic rings. The molecule has 1 fully saturated rings. The Morgan fingerprint density at radius 3 is 2.03 bits per heavy atom. The van der Waals surface area contributed by atoms with Crippen molar-refractivity contribution in [1.82, 2.24) is 15.6 Å². The molecule has 0 saturated carbocycles. The summed E-state index contributed by atoms with van der Waals surface area (Å²) in [4.78, 5) is 45.7. The first-order valence-corrected chi connectivity index (χ1v) is 11.7. The summed E-state index contributed by atoms with van der Waals surface area (Å²) in [5.74, 6) is -0.131. The number of methoxy groups -OCH3 is 1. The summed E-state index contributed by atoms with van der Waals surface area (Å²) in [6.45, 7) is 6.82. The molecule has 37 heavy (non-hydrogen) atoms. The van der Waals surface area contributed by atoms with E-state index in [0.717, 1.165) is 12.4 Å². The third-order valence-corrected chi connectivity index (χ3v) is 4.50. The predicted octanol–water partition coefficient (Wildman–Crippen LogP) is 2.82. The van der Waals surface area contributed by atoms with E-state index >= 15 is 0 Å². The molecule has 2 aromatic carbocycles. The van der Waals surface area contributed by atoms with Gasteiger partial charge in [-0.2, -0.15) is 0 Å². The SMILES string of the molecule is CC1CO1.COc1ccc(C)cc1.Cc1ccccc1.O=CCNC(=O)CNC(=O)c1cccc(=O)[nH]1. The van der Waals surface area contributed by atoms with E-state index in [2.05, 4.69) is 48.5 Å². The van der Waals surface area contributed by atoms with Gasteiger partial charge in [0.25, 0.3) is 5.91 Å². The standard InChI is InChI=1S/C10H11N3O4.C8H10O.C7H8.C3H6O/c14-5-4-11-9(16)6-12-10(17)7-2-1-3-8(15)13-7;1-7-3-5-8(9-2)6-4-7;1-7-5-3-2-4-6-7;1-3-2-4-3/h1-3,5H,4,6H2,(H,11,16)(H,12,17)(H,13,15);3-6H,1-2H3;2-6H,1H3;3H,2H2,1H3. The van der Waals surface area contributed by atoms with Gasteiger partial charge in [0.15, 0.2) is 0 Å². The summed E-state index contributed by atoms with van der Waals surface area (Å²) in [6.07, 6.45) is 1.12. The van der Waals surface area contributed by atoms with Crippen molar-refractivity contribution in [3.63, 3.8) is 0 Å². The average molecular weight is 510 g/mol. The summed E-state index contributed by atoms with van der Waals surface area (Å²) in [7, 11) is 1.67. The summed E-state index contributed by atoms with van der Waals surface area (Å²) >= 11 is 0. The lowest BCUT2D eigenvalue weighted by molar-refractivity contribution is -0.121. The molecular formula is C28H35N3O6. The zero-order chi connectivity index (χ0) is 27.5. The van der Waals surface area contributed by atoms with Crippen LogP contribution in [0.4, 0.5) is 0 Å². The number of nitrogens with one attached hydrogen (secondary N) is 3. The molecule has 1 aromatic heterocycles. The molecule has 0 spiro atoms. The van der Waals surface area contributed by atoms with Crippen LogP contribution >= 0.6 is 0 Å². The van der Waals surface area contributed by atoms with E-state index in [1.54, 1.807) is 7.11 Å². The number of aromatic amines is 1. The number of ether oxygens (including phenoxy) is 2. The topological polar surface area (TPSA) is 130 Å². The lowest BCUT2D eigenvalue weighted by Gasteiger charge is -2.04. The molecule has 4 rings (SSSR count). The molecular weight excluding hydrogens is 474 g/mol. The number of aryl methyl sites for hydroxylation is 2. The maximum absolute atomic E-state index is 11.4. The van der Waals surface area contributed by atoms with E-state index in [4.69, 9.17) is 9.47 Å². The summed E-state index contributed by atoms with van der Waals surface area (Å²) in [5.41, 5.74) is 2.25. The van der Waals surface area contributed by atoms with Crippen LogP contribution in [-0.4, -0.2) is 56.0 Å². The van der Waals surface area contributed by atoms with Crippen LogP contribution in [0.2, 0.25) is 0 Å². The van der Waals surface area contributed by atoms with E-state index in [-0.39, 0.29) is 18.8 Å². The summed E-state index contributed by atoms with van der Waals surface area (Å²) < 4.78 is 9.68. The lowest BCUT2D eigenvalue weighted by Crippen LogP contribution is -2.38. The van der Waals surface area contributed by atoms with E-state index in [1.165, 1.54) is 29.3 Å². The highest BCUT2D eigenvalue weighted by molar-refractivity contribution is 5.94. The Morgan fingerprint density at radius 1 is 0.973 bits per heavy atom. The predicted molar refractivity (Wildman–Crippen MR) is 143 cm³/mol. The highest BCUT2D eigenvalue weighted by atomic mass is 16.6. The molecule has 0 bridgehead atoms. The van der Waals surface area contributed by atoms with Crippen LogP contribution in [0.3, 0.4) is 0 Å². The number of hydrogen-bond donors (Lipinski definition) is 3. The molecule has 198 valence electrons. The van der Waals surface area contributed by atoms with Gasteiger partial charge in [-0.3, -0.25) is 14.4 Å². The minimum atomic E-state index is -0.566. The molecule has 1 saturated heterocycles. The maximum atomic E-state index is 11.4. The second kappa shape index (κ2) is 18.1. The van der Waals surface area contributed by atoms with Gasteiger partial charge in [-0.1, -0.05) is 59.7 Å². The van der Waals surface area contributed by atoms with Crippen LogP contribution in [0.25, 0.3) is 0 Å². The highest BCUT2D eigenvalue weighted by Crippen LogP contribution is 2.09. The molecule has 1 unspecified atom stereocenters. The van der Waals surface area contributed by atoms with Crippen LogP contribution in [0.1, 0.15) is 28.5 Å². The molecule has 2 amide bonds. The third-order valence-electron chi connectivity index (χ3n) is 4.50. The molecule has 9 heteroatoms. The molecule has 9 nitrogen and oxygen atoms in total. The van der Waals surface area contributed by atoms with Gasteiger partial charge in [0, 0.05) is 6.07 Å². The lowest BCUT2D eigenvalue weighted by atomic mass is 10.2. The van der Waals surface area contributed by atoms with Crippen LogP contribution < -0.4 is 20.9 Å². The number of carbonyl (C=O) groups is 3. The van der Waals surface area contributed by atoms with E-state index < -0.39 is 17.4 Å². The molecule has 0 radical (unpaired) electrons. The van der Waals surface area contributed by atoms with Crippen LogP contribution in [0.15, 0.2) is 77.6 Å². The van der Waals surface area contributed by atoms with Gasteiger partial charge in [0.2, 0.25) is 11.5 Å². The molecule has 1 atom stereocenters. The zero-order valence-corrected chi connectivity index (χ0v) is 21.7. The smallest absolute Gasteiger partial charge is 0.268 e. The Balaban J connectivity index is 0.000000282. The fourth-order valence-electron chi connectivity index (χ4n) is 2.36. The minimum Gasteiger partial charge on any atom is -0.497 e. The van der Waals surface area contributed by atoms with Crippen molar-refractivity contribution in [2.24, 2.45) is 0 Å². The molecule has 1 aliphatic rings. The average Bonchev–Trinajstić information content (AvgIpc) is 3.70. The van der Waals surface area contributed by atoms with Crippen molar-refractivity contribution in [1.29, 1.82) is 0 Å². The van der Waals surface area contributed by atoms with Crippen LogP contribution in [-0.2, 0) is 14.3 Å². The van der Waals surface area contributed by atoms with Gasteiger partial charge in [-0.25, -0.2) is 0 Å². The number of amides is 2. The number of carbonyl (C=O) groups excluding carboxylic acids is 3. The van der Waals surface area contributed by atoms with Crippen molar-refractivity contribution in [3.8, 4) is 5.75 Å². The Morgan fingerprint density at radius 2 is 1.57 bits per heavy atom. The van der Waals surface area contributed by atoms with Crippen molar-refractivity contribution < 1.29 is 23.9 Å². The number of aromatic nitrogens is 1. The largest absolute Gasteiger partial charge is 0.497 e. The Bertz CT molecular complexity index is 1130. The first-order valence-electron chi connectivity index (χ1n) is 11.7. The zero-order valence-electron chi connectivity index (χ0n) is 21.7. The normalized spacial score (nSPS) is 12.5. The van der Waals surface area contributed by atoms with Gasteiger partial charge in [-0.05, 0) is 39.0 Å². The Kier molecular flexibility index (Phi) is 15.1. The van der Waals surface area contributed by atoms with Crippen molar-refractivity contribution >= 4 is 18.1 Å². The first-order chi connectivity index (χ1) is 17.7. The van der Waals surface area contributed by atoms with E-state index in [9.17, 15) is 19.2 Å². The number of aldehydes is 1. The Labute approximate surface area is 217 Å². The monoisotopic (exact) mass is 509 g/mol. The number of benzene rings is 2. The summed E-state index contributed by atoms with van der Waals surface area (Å²) in [5, 5.41) is 4.55. The molecule has 3 N–H and O–H groups in total. The second-order valence-electron chi connectivity index (χ2n) is 7.90. The second-order valence-corrected chi connectivity index (χ2v) is 7.90. The van der Waals surface area contributed by atoms with Crippen molar-refractivity contribution in [2.45, 2.75) is 26.9 Å². The number of hydrogen-bond acceptors (Lipinski definition) is 6. The maximum Gasteiger partial charge on any atom is 0.268 e. The van der Waals surface area contributed by atoms with Crippen molar-refractivity contribution in [3.05, 3.63) is 100.0 Å².